The second-order valence-electron chi connectivity index (χ2n) is 7.96. The molecule has 0 N–H and O–H groups in total. The Bertz CT molecular complexity index is 1310. The average molecular weight is 426 g/mol. The SMILES string of the molecule is COC(=O)C1=CC(C)(C)c2c1c1cc(OC)ccc1n2S(=O)(=O)c1ccc(C)cc1. The van der Waals surface area contributed by atoms with E-state index in [2.05, 4.69) is 0 Å². The molecule has 0 saturated heterocycles. The third-order valence-corrected chi connectivity index (χ3v) is 7.21. The smallest absolute Gasteiger partial charge is 0.338 e. The van der Waals surface area contributed by atoms with Crippen molar-refractivity contribution < 1.29 is 22.7 Å². The Hall–Kier alpha value is -3.06. The molecule has 0 aliphatic heterocycles. The van der Waals surface area contributed by atoms with Gasteiger partial charge in [-0.3, -0.25) is 0 Å². The predicted octanol–water partition coefficient (Wildman–Crippen LogP) is 4.04. The number of nitrogens with zero attached hydrogens (tertiary/aromatic N) is 1. The topological polar surface area (TPSA) is 74.6 Å². The van der Waals surface area contributed by atoms with Crippen LogP contribution in [0, 0.1) is 6.92 Å². The van der Waals surface area contributed by atoms with E-state index < -0.39 is 21.4 Å². The first-order valence-electron chi connectivity index (χ1n) is 9.48. The number of ether oxygens (including phenoxy) is 2. The molecule has 0 amide bonds. The zero-order chi connectivity index (χ0) is 21.8. The molecule has 1 aliphatic carbocycles. The molecule has 30 heavy (non-hydrogen) atoms. The van der Waals surface area contributed by atoms with Crippen LogP contribution in [0.15, 0.2) is 53.4 Å². The Kier molecular flexibility index (Phi) is 4.54. The standard InChI is InChI=1S/C23H23NO5S/c1-14-6-9-16(10-7-14)30(26,27)24-19-11-8-15(28-4)12-17(19)20-18(22(25)29-5)13-23(2,3)21(20)24/h6-13H,1-5H3. The zero-order valence-corrected chi connectivity index (χ0v) is 18.3. The second-order valence-corrected chi connectivity index (χ2v) is 9.75. The molecule has 0 saturated carbocycles. The molecule has 1 heterocycles. The molecule has 0 unspecified atom stereocenters. The fourth-order valence-corrected chi connectivity index (χ4v) is 5.74. The minimum atomic E-state index is -3.92. The minimum Gasteiger partial charge on any atom is -0.497 e. The largest absolute Gasteiger partial charge is 0.497 e. The van der Waals surface area contributed by atoms with Crippen molar-refractivity contribution in [3.63, 3.8) is 0 Å². The van der Waals surface area contributed by atoms with Crippen molar-refractivity contribution >= 4 is 32.5 Å². The Morgan fingerprint density at radius 3 is 2.30 bits per heavy atom. The van der Waals surface area contributed by atoms with E-state index >= 15 is 0 Å². The van der Waals surface area contributed by atoms with Crippen LogP contribution in [-0.2, 0) is 25.0 Å². The van der Waals surface area contributed by atoms with Crippen molar-refractivity contribution in [1.82, 2.24) is 3.97 Å². The number of methoxy groups -OCH3 is 2. The van der Waals surface area contributed by atoms with Gasteiger partial charge in [0.1, 0.15) is 5.75 Å². The monoisotopic (exact) mass is 425 g/mol. The quantitative estimate of drug-likeness (QED) is 0.590. The molecule has 7 heteroatoms. The highest BCUT2D eigenvalue weighted by Crippen LogP contribution is 2.48. The van der Waals surface area contributed by atoms with Crippen LogP contribution in [0.5, 0.6) is 5.75 Å². The number of benzene rings is 2. The molecule has 6 nitrogen and oxygen atoms in total. The van der Waals surface area contributed by atoms with Gasteiger partial charge in [0.2, 0.25) is 0 Å². The van der Waals surface area contributed by atoms with Gasteiger partial charge in [-0.15, -0.1) is 0 Å². The van der Waals surface area contributed by atoms with Gasteiger partial charge in [0.05, 0.1) is 35.9 Å². The van der Waals surface area contributed by atoms with E-state index in [1.54, 1.807) is 55.7 Å². The number of esters is 1. The summed E-state index contributed by atoms with van der Waals surface area (Å²) in [6.45, 7) is 5.68. The van der Waals surface area contributed by atoms with Crippen LogP contribution in [0.3, 0.4) is 0 Å². The highest BCUT2D eigenvalue weighted by Gasteiger charge is 2.42. The molecule has 0 fully saturated rings. The minimum absolute atomic E-state index is 0.186. The van der Waals surface area contributed by atoms with Crippen LogP contribution in [-0.4, -0.2) is 32.6 Å². The molecule has 3 aromatic rings. The molecule has 0 bridgehead atoms. The predicted molar refractivity (Wildman–Crippen MR) is 115 cm³/mol. The molecule has 0 atom stereocenters. The lowest BCUT2D eigenvalue weighted by Crippen LogP contribution is -2.23. The van der Waals surface area contributed by atoms with Crippen molar-refractivity contribution in [2.45, 2.75) is 31.1 Å². The Balaban J connectivity index is 2.13. The van der Waals surface area contributed by atoms with Crippen LogP contribution in [0.2, 0.25) is 0 Å². The number of carbonyl (C=O) groups excluding carboxylic acids is 1. The van der Waals surface area contributed by atoms with Gasteiger partial charge in [-0.2, -0.15) is 0 Å². The Morgan fingerprint density at radius 1 is 1.03 bits per heavy atom. The number of aryl methyl sites for hydroxylation is 1. The lowest BCUT2D eigenvalue weighted by Gasteiger charge is -2.21. The molecule has 4 rings (SSSR count). The fourth-order valence-electron chi connectivity index (χ4n) is 4.06. The summed E-state index contributed by atoms with van der Waals surface area (Å²) < 4.78 is 39.2. The average Bonchev–Trinajstić information content (AvgIpc) is 3.20. The maximum Gasteiger partial charge on any atom is 0.338 e. The Morgan fingerprint density at radius 2 is 1.70 bits per heavy atom. The number of hydrogen-bond donors (Lipinski definition) is 0. The fraction of sp³-hybridized carbons (Fsp3) is 0.261. The lowest BCUT2D eigenvalue weighted by atomic mass is 9.92. The molecule has 1 aliphatic rings. The summed E-state index contributed by atoms with van der Waals surface area (Å²) >= 11 is 0. The maximum absolute atomic E-state index is 13.8. The highest BCUT2D eigenvalue weighted by atomic mass is 32.2. The maximum atomic E-state index is 13.8. The van der Waals surface area contributed by atoms with E-state index in [9.17, 15) is 13.2 Å². The number of hydrogen-bond acceptors (Lipinski definition) is 5. The lowest BCUT2D eigenvalue weighted by molar-refractivity contribution is -0.133. The highest BCUT2D eigenvalue weighted by molar-refractivity contribution is 7.90. The van der Waals surface area contributed by atoms with Gasteiger partial charge < -0.3 is 9.47 Å². The summed E-state index contributed by atoms with van der Waals surface area (Å²) in [7, 11) is -1.06. The van der Waals surface area contributed by atoms with E-state index in [4.69, 9.17) is 9.47 Å². The van der Waals surface area contributed by atoms with Crippen molar-refractivity contribution in [2.75, 3.05) is 14.2 Å². The van der Waals surface area contributed by atoms with Crippen LogP contribution in [0.4, 0.5) is 0 Å². The van der Waals surface area contributed by atoms with Crippen molar-refractivity contribution in [2.24, 2.45) is 0 Å². The van der Waals surface area contributed by atoms with E-state index in [0.717, 1.165) is 5.56 Å². The van der Waals surface area contributed by atoms with Crippen molar-refractivity contribution in [1.29, 1.82) is 0 Å². The number of fused-ring (bicyclic) bond motifs is 3. The summed E-state index contributed by atoms with van der Waals surface area (Å²) in [6, 6.07) is 11.9. The normalized spacial score (nSPS) is 15.0. The molecular weight excluding hydrogens is 402 g/mol. The summed E-state index contributed by atoms with van der Waals surface area (Å²) in [5.41, 5.74) is 2.21. The zero-order valence-electron chi connectivity index (χ0n) is 17.5. The van der Waals surface area contributed by atoms with E-state index in [1.807, 2.05) is 20.8 Å². The number of carbonyl (C=O) groups is 1. The van der Waals surface area contributed by atoms with Gasteiger partial charge in [-0.25, -0.2) is 17.2 Å². The van der Waals surface area contributed by atoms with Gasteiger partial charge in [-0.05, 0) is 37.3 Å². The molecule has 156 valence electrons. The van der Waals surface area contributed by atoms with E-state index in [0.29, 0.717) is 33.5 Å². The van der Waals surface area contributed by atoms with E-state index in [-0.39, 0.29) is 4.90 Å². The van der Waals surface area contributed by atoms with Crippen LogP contribution in [0.25, 0.3) is 16.5 Å². The number of rotatable bonds is 4. The first-order valence-corrected chi connectivity index (χ1v) is 10.9. The van der Waals surface area contributed by atoms with Crippen LogP contribution in [0.1, 0.15) is 30.7 Å². The molecule has 2 aromatic carbocycles. The summed E-state index contributed by atoms with van der Waals surface area (Å²) in [4.78, 5) is 12.7. The van der Waals surface area contributed by atoms with Gasteiger partial charge in [-0.1, -0.05) is 37.6 Å². The molecule has 0 radical (unpaired) electrons. The molecule has 1 aromatic heterocycles. The number of aromatic nitrogens is 1. The van der Waals surface area contributed by atoms with Gasteiger partial charge in [0, 0.05) is 16.4 Å². The summed E-state index contributed by atoms with van der Waals surface area (Å²) in [5.74, 6) is 0.0699. The number of allylic oxidation sites excluding steroid dienone is 1. The first kappa shape index (κ1) is 20.2. The molecule has 0 spiro atoms. The van der Waals surface area contributed by atoms with Crippen LogP contribution >= 0.6 is 0 Å². The first-order chi connectivity index (χ1) is 14.1. The second kappa shape index (κ2) is 6.74. The van der Waals surface area contributed by atoms with E-state index in [1.165, 1.54) is 11.1 Å². The van der Waals surface area contributed by atoms with Crippen molar-refractivity contribution in [3.8, 4) is 5.75 Å². The van der Waals surface area contributed by atoms with Crippen LogP contribution < -0.4 is 4.74 Å². The van der Waals surface area contributed by atoms with Gasteiger partial charge in [0.25, 0.3) is 10.0 Å². The third-order valence-electron chi connectivity index (χ3n) is 5.48. The van der Waals surface area contributed by atoms with Gasteiger partial charge >= 0.3 is 5.97 Å². The van der Waals surface area contributed by atoms with Gasteiger partial charge in [0.15, 0.2) is 0 Å². The molecular formula is C23H23NO5S. The Labute approximate surface area is 175 Å². The third kappa shape index (κ3) is 2.84. The summed E-state index contributed by atoms with van der Waals surface area (Å²) in [6.07, 6.45) is 1.77. The van der Waals surface area contributed by atoms with Crippen molar-refractivity contribution in [3.05, 3.63) is 65.4 Å². The summed E-state index contributed by atoms with van der Waals surface area (Å²) in [5, 5.41) is 0.627.